The summed E-state index contributed by atoms with van der Waals surface area (Å²) in [4.78, 5) is 22.8. The zero-order valence-corrected chi connectivity index (χ0v) is 9.84. The van der Waals surface area contributed by atoms with Gasteiger partial charge in [-0.3, -0.25) is 9.36 Å². The van der Waals surface area contributed by atoms with Crippen molar-refractivity contribution in [1.29, 1.82) is 0 Å². The quantitative estimate of drug-likeness (QED) is 0.842. The molecule has 6 nitrogen and oxygen atoms in total. The zero-order valence-electron chi connectivity index (χ0n) is 9.84. The molecular formula is C11H13N3O3. The molecule has 0 bridgehead atoms. The van der Waals surface area contributed by atoms with Crippen LogP contribution in [0.1, 0.15) is 30.2 Å². The van der Waals surface area contributed by atoms with Gasteiger partial charge in [-0.2, -0.15) is 5.10 Å². The molecule has 2 rings (SSSR count). The summed E-state index contributed by atoms with van der Waals surface area (Å²) >= 11 is 0. The molecule has 0 unspecified atom stereocenters. The monoisotopic (exact) mass is 235 g/mol. The van der Waals surface area contributed by atoms with Crippen LogP contribution in [0.5, 0.6) is 0 Å². The van der Waals surface area contributed by atoms with E-state index in [-0.39, 0.29) is 11.6 Å². The van der Waals surface area contributed by atoms with Gasteiger partial charge in [-0.25, -0.2) is 9.48 Å². The first kappa shape index (κ1) is 11.4. The molecule has 17 heavy (non-hydrogen) atoms. The van der Waals surface area contributed by atoms with Crippen molar-refractivity contribution in [2.45, 2.75) is 19.9 Å². The van der Waals surface area contributed by atoms with Crippen LogP contribution in [0, 0.1) is 0 Å². The molecule has 0 spiro atoms. The van der Waals surface area contributed by atoms with E-state index >= 15 is 0 Å². The van der Waals surface area contributed by atoms with Crippen LogP contribution >= 0.6 is 0 Å². The summed E-state index contributed by atoms with van der Waals surface area (Å²) in [5.41, 5.74) is -0.120. The van der Waals surface area contributed by atoms with Crippen molar-refractivity contribution >= 4 is 17.0 Å². The molecule has 90 valence electrons. The average molecular weight is 235 g/mol. The number of rotatable bonds is 2. The maximum absolute atomic E-state index is 11.8. The molecule has 2 heterocycles. The van der Waals surface area contributed by atoms with Crippen LogP contribution < -0.4 is 5.56 Å². The number of aryl methyl sites for hydroxylation is 1. The summed E-state index contributed by atoms with van der Waals surface area (Å²) in [5, 5.41) is 13.7. The maximum atomic E-state index is 11.8. The van der Waals surface area contributed by atoms with E-state index in [1.54, 1.807) is 17.9 Å². The van der Waals surface area contributed by atoms with Gasteiger partial charge in [-0.15, -0.1) is 0 Å². The topological polar surface area (TPSA) is 77.1 Å². The number of hydrogen-bond donors (Lipinski definition) is 1. The lowest BCUT2D eigenvalue weighted by Gasteiger charge is -2.10. The molecule has 6 heteroatoms. The van der Waals surface area contributed by atoms with Gasteiger partial charge in [0.05, 0.1) is 6.20 Å². The van der Waals surface area contributed by atoms with Crippen LogP contribution in [0.4, 0.5) is 0 Å². The molecule has 0 fully saturated rings. The van der Waals surface area contributed by atoms with Gasteiger partial charge in [0.25, 0.3) is 5.56 Å². The Bertz CT molecular complexity index is 652. The smallest absolute Gasteiger partial charge is 0.341 e. The van der Waals surface area contributed by atoms with E-state index in [0.717, 1.165) is 0 Å². The number of aromatic carboxylic acids is 1. The normalized spacial score (nSPS) is 11.3. The molecule has 0 aliphatic carbocycles. The van der Waals surface area contributed by atoms with Crippen LogP contribution in [0.2, 0.25) is 0 Å². The molecule has 0 saturated heterocycles. The Hall–Kier alpha value is -2.11. The van der Waals surface area contributed by atoms with Crippen molar-refractivity contribution in [3.8, 4) is 0 Å². The summed E-state index contributed by atoms with van der Waals surface area (Å²) in [5.74, 6) is -1.22. The highest BCUT2D eigenvalue weighted by molar-refractivity contribution is 5.91. The number of carboxylic acid groups (broad SMARTS) is 1. The third-order valence-electron chi connectivity index (χ3n) is 2.67. The van der Waals surface area contributed by atoms with Gasteiger partial charge in [0.2, 0.25) is 0 Å². The molecule has 0 aliphatic heterocycles. The zero-order chi connectivity index (χ0) is 12.7. The molecule has 2 aromatic rings. The fraction of sp³-hybridized carbons (Fsp3) is 0.364. The second-order valence-electron chi connectivity index (χ2n) is 4.19. The highest BCUT2D eigenvalue weighted by atomic mass is 16.4. The first-order valence-corrected chi connectivity index (χ1v) is 5.24. The van der Waals surface area contributed by atoms with Gasteiger partial charge >= 0.3 is 5.97 Å². The Morgan fingerprint density at radius 1 is 1.47 bits per heavy atom. The van der Waals surface area contributed by atoms with Crippen molar-refractivity contribution in [2.75, 3.05) is 0 Å². The third-order valence-corrected chi connectivity index (χ3v) is 2.67. The van der Waals surface area contributed by atoms with E-state index in [0.29, 0.717) is 11.0 Å². The van der Waals surface area contributed by atoms with Gasteiger partial charge in [0.15, 0.2) is 0 Å². The number of hydrogen-bond acceptors (Lipinski definition) is 3. The van der Waals surface area contributed by atoms with E-state index in [2.05, 4.69) is 5.10 Å². The molecule has 0 aromatic carbocycles. The minimum Gasteiger partial charge on any atom is -0.477 e. The lowest BCUT2D eigenvalue weighted by atomic mass is 10.2. The second-order valence-corrected chi connectivity index (χ2v) is 4.19. The molecule has 0 atom stereocenters. The van der Waals surface area contributed by atoms with Crippen LogP contribution in [0.15, 0.2) is 17.1 Å². The molecule has 2 aromatic heterocycles. The summed E-state index contributed by atoms with van der Waals surface area (Å²) in [6, 6.07) is 1.47. The first-order valence-electron chi connectivity index (χ1n) is 5.24. The van der Waals surface area contributed by atoms with Crippen molar-refractivity contribution in [1.82, 2.24) is 14.3 Å². The Balaban J connectivity index is 2.89. The second kappa shape index (κ2) is 3.73. The number of aromatic nitrogens is 3. The third kappa shape index (κ3) is 1.61. The molecule has 0 radical (unpaired) electrons. The predicted molar refractivity (Wildman–Crippen MR) is 62.3 cm³/mol. The Labute approximate surface area is 97.1 Å². The summed E-state index contributed by atoms with van der Waals surface area (Å²) in [6.07, 6.45) is 1.57. The Morgan fingerprint density at radius 3 is 2.65 bits per heavy atom. The van der Waals surface area contributed by atoms with Crippen LogP contribution in [0.3, 0.4) is 0 Å². The number of carbonyl (C=O) groups is 1. The minimum absolute atomic E-state index is 0.105. The fourth-order valence-corrected chi connectivity index (χ4v) is 1.84. The largest absolute Gasteiger partial charge is 0.477 e. The molecule has 0 amide bonds. The molecule has 0 saturated carbocycles. The van der Waals surface area contributed by atoms with E-state index < -0.39 is 11.5 Å². The molecular weight excluding hydrogens is 222 g/mol. The lowest BCUT2D eigenvalue weighted by molar-refractivity contribution is 0.0694. The number of fused-ring (bicyclic) bond motifs is 1. The predicted octanol–water partition coefficient (Wildman–Crippen LogP) is 1.01. The van der Waals surface area contributed by atoms with Gasteiger partial charge in [0.1, 0.15) is 11.2 Å². The van der Waals surface area contributed by atoms with E-state index in [4.69, 9.17) is 5.11 Å². The summed E-state index contributed by atoms with van der Waals surface area (Å²) in [6.45, 7) is 3.89. The van der Waals surface area contributed by atoms with Crippen LogP contribution in [-0.4, -0.2) is 25.4 Å². The lowest BCUT2D eigenvalue weighted by Crippen LogP contribution is -2.25. The summed E-state index contributed by atoms with van der Waals surface area (Å²) < 4.78 is 3.02. The van der Waals surface area contributed by atoms with Crippen LogP contribution in [-0.2, 0) is 7.05 Å². The standard InChI is InChI=1S/C11H13N3O3/c1-6(2)14-9-7(5-12-14)4-8(11(16)17)10(15)13(9)3/h4-6H,1-3H3,(H,16,17). The van der Waals surface area contributed by atoms with Crippen molar-refractivity contribution in [3.05, 3.63) is 28.2 Å². The molecule has 1 N–H and O–H groups in total. The summed E-state index contributed by atoms with van der Waals surface area (Å²) in [7, 11) is 1.55. The first-order chi connectivity index (χ1) is 7.93. The SMILES string of the molecule is CC(C)n1ncc2cc(C(=O)O)c(=O)n(C)c21. The van der Waals surface area contributed by atoms with Crippen LogP contribution in [0.25, 0.3) is 11.0 Å². The highest BCUT2D eigenvalue weighted by Gasteiger charge is 2.16. The van der Waals surface area contributed by atoms with E-state index in [1.165, 1.54) is 10.6 Å². The van der Waals surface area contributed by atoms with E-state index in [9.17, 15) is 9.59 Å². The highest BCUT2D eigenvalue weighted by Crippen LogP contribution is 2.16. The van der Waals surface area contributed by atoms with Gasteiger partial charge in [-0.05, 0) is 19.9 Å². The fourth-order valence-electron chi connectivity index (χ4n) is 1.84. The number of carboxylic acids is 1. The van der Waals surface area contributed by atoms with Gasteiger partial charge < -0.3 is 5.11 Å². The van der Waals surface area contributed by atoms with Gasteiger partial charge in [0, 0.05) is 18.5 Å². The molecule has 0 aliphatic rings. The minimum atomic E-state index is -1.22. The van der Waals surface area contributed by atoms with Crippen molar-refractivity contribution in [3.63, 3.8) is 0 Å². The number of nitrogens with zero attached hydrogens (tertiary/aromatic N) is 3. The maximum Gasteiger partial charge on any atom is 0.341 e. The Morgan fingerprint density at radius 2 is 2.12 bits per heavy atom. The van der Waals surface area contributed by atoms with E-state index in [1.807, 2.05) is 13.8 Å². The Kier molecular flexibility index (Phi) is 2.49. The van der Waals surface area contributed by atoms with Crippen molar-refractivity contribution < 1.29 is 9.90 Å². The average Bonchev–Trinajstić information content (AvgIpc) is 2.66. The van der Waals surface area contributed by atoms with Crippen molar-refractivity contribution in [2.24, 2.45) is 7.05 Å². The van der Waals surface area contributed by atoms with Gasteiger partial charge in [-0.1, -0.05) is 0 Å². The number of pyridine rings is 1.